The van der Waals surface area contributed by atoms with Crippen LogP contribution in [0.1, 0.15) is 0 Å². The summed E-state index contributed by atoms with van der Waals surface area (Å²) < 4.78 is 6.38. The Morgan fingerprint density at radius 1 is 0.214 bits per heavy atom. The van der Waals surface area contributed by atoms with E-state index in [4.69, 9.17) is 27.8 Å². The van der Waals surface area contributed by atoms with E-state index in [0.29, 0.717) is 0 Å². The third-order valence-corrected chi connectivity index (χ3v) is 27.2. The molecular weight excluding hydrogens is 1140 g/mol. The van der Waals surface area contributed by atoms with Crippen molar-refractivity contribution in [3.63, 3.8) is 0 Å². The van der Waals surface area contributed by atoms with Gasteiger partial charge in [-0.25, -0.2) is 0 Å². The summed E-state index contributed by atoms with van der Waals surface area (Å²) in [6.07, 6.45) is 0. The molecule has 10 rings (SSSR count). The Morgan fingerprint density at radius 3 is 0.457 bits per heavy atom. The maximum atomic E-state index is 6.38. The third-order valence-electron chi connectivity index (χ3n) is 11.7. The van der Waals surface area contributed by atoms with Crippen LogP contribution in [0.25, 0.3) is 0 Å². The molecule has 0 amide bonds. The van der Waals surface area contributed by atoms with E-state index in [9.17, 15) is 0 Å². The van der Waals surface area contributed by atoms with Crippen LogP contribution in [0.2, 0.25) is 0 Å². The summed E-state index contributed by atoms with van der Waals surface area (Å²) in [5, 5.41) is 12.2. The summed E-state index contributed by atoms with van der Waals surface area (Å²) in [6.45, 7) is 8.47. The van der Waals surface area contributed by atoms with E-state index >= 15 is 0 Å². The second kappa shape index (κ2) is 25.3. The SMILES string of the molecule is [Au+].[CH2-]P(=S)(c1ccccc1)c1ccccc1.[CH2-]P(=S)(c1ccccc1)c1ccccc1.c1ccc(P(=[N+]=P(c2ccccc2)(c2ccccc2)c2ccccc2)(c2ccccc2)c2ccccc2)cc1. The predicted octanol–water partition coefficient (Wildman–Crippen LogP) is 12.2. The fourth-order valence-corrected chi connectivity index (χ4v) is 22.4. The van der Waals surface area contributed by atoms with Gasteiger partial charge in [-0.3, -0.25) is 13.3 Å². The number of rotatable bonds is 10. The molecule has 70 heavy (non-hydrogen) atoms. The van der Waals surface area contributed by atoms with E-state index in [-0.39, 0.29) is 22.4 Å². The molecule has 0 aromatic heterocycles. The smallest absolute Gasteiger partial charge is 0.297 e. The number of nitrogens with zero attached hydrogens (tertiary/aromatic N) is 1. The van der Waals surface area contributed by atoms with Crippen molar-refractivity contribution in [3.8, 4) is 0 Å². The summed E-state index contributed by atoms with van der Waals surface area (Å²) in [5.41, 5.74) is 0. The maximum absolute atomic E-state index is 6.38. The van der Waals surface area contributed by atoms with Gasteiger partial charge in [-0.2, -0.15) is 0 Å². The Bertz CT molecular complexity index is 2850. The van der Waals surface area contributed by atoms with E-state index < -0.39 is 26.2 Å². The first-order valence-electron chi connectivity index (χ1n) is 22.7. The predicted molar refractivity (Wildman–Crippen MR) is 316 cm³/mol. The summed E-state index contributed by atoms with van der Waals surface area (Å²) in [5.74, 6) is 0. The van der Waals surface area contributed by atoms with E-state index in [1.165, 1.54) is 53.0 Å². The van der Waals surface area contributed by atoms with Gasteiger partial charge in [0.2, 0.25) is 0 Å². The average Bonchev–Trinajstić information content (AvgIpc) is 3.44. The molecule has 0 N–H and O–H groups in total. The fraction of sp³-hybridized carbons (Fsp3) is 0. The first kappa shape index (κ1) is 52.6. The van der Waals surface area contributed by atoms with Crippen molar-refractivity contribution in [2.45, 2.75) is 0 Å². The topological polar surface area (TPSA) is 14.1 Å². The number of hydrogen-bond acceptors (Lipinski definition) is 2. The van der Waals surface area contributed by atoms with Crippen LogP contribution < -0.4 is 57.2 Å². The molecule has 0 aliphatic heterocycles. The Labute approximate surface area is 442 Å². The Hall–Kier alpha value is -5.19. The zero-order valence-electron chi connectivity index (χ0n) is 38.6. The van der Waals surface area contributed by atoms with Gasteiger partial charge in [0.15, 0.2) is 0 Å². The molecular formula is C62H54AuNP4S2. The van der Waals surface area contributed by atoms with Crippen LogP contribution in [0.15, 0.2) is 303 Å². The molecule has 0 spiro atoms. The Morgan fingerprint density at radius 2 is 0.329 bits per heavy atom. The van der Waals surface area contributed by atoms with E-state index in [0.717, 1.165) is 0 Å². The molecule has 1 nitrogen and oxygen atoms in total. The van der Waals surface area contributed by atoms with Gasteiger partial charge in [-0.15, -0.1) is 39.9 Å². The van der Waals surface area contributed by atoms with Crippen LogP contribution >= 0.6 is 26.2 Å². The van der Waals surface area contributed by atoms with E-state index in [2.05, 4.69) is 244 Å². The molecule has 0 saturated heterocycles. The summed E-state index contributed by atoms with van der Waals surface area (Å²) in [6, 6.07) is 103. The monoisotopic (exact) mass is 1200 g/mol. The molecule has 0 aliphatic rings. The van der Waals surface area contributed by atoms with Crippen LogP contribution in [0.3, 0.4) is 0 Å². The van der Waals surface area contributed by atoms with Crippen LogP contribution in [0, 0.1) is 13.3 Å². The fourth-order valence-electron chi connectivity index (χ4n) is 8.24. The van der Waals surface area contributed by atoms with Crippen LogP contribution in [0.4, 0.5) is 0 Å². The van der Waals surface area contributed by atoms with E-state index in [1.807, 2.05) is 72.8 Å². The molecule has 8 heteroatoms. The minimum atomic E-state index is -2.50. The molecule has 350 valence electrons. The molecule has 0 radical (unpaired) electrons. The van der Waals surface area contributed by atoms with Gasteiger partial charge >= 0.3 is 36.5 Å². The second-order valence-corrected chi connectivity index (χ2v) is 31.3. The van der Waals surface area contributed by atoms with Gasteiger partial charge in [0.1, 0.15) is 0 Å². The normalized spacial score (nSPS) is 11.2. The van der Waals surface area contributed by atoms with Crippen molar-refractivity contribution in [1.29, 1.82) is 0 Å². The largest absolute Gasteiger partial charge is 1.00 e. The van der Waals surface area contributed by atoms with Crippen LogP contribution in [-0.4, -0.2) is 0 Å². The number of hydrogen-bond donors (Lipinski definition) is 0. The van der Waals surface area contributed by atoms with Gasteiger partial charge < -0.3 is 0 Å². The molecule has 0 bridgehead atoms. The molecule has 0 heterocycles. The summed E-state index contributed by atoms with van der Waals surface area (Å²) >= 11 is 11.4. The van der Waals surface area contributed by atoms with Crippen LogP contribution in [-0.2, 0) is 46.0 Å². The molecule has 0 fully saturated rings. The van der Waals surface area contributed by atoms with Gasteiger partial charge in [0.25, 0.3) is 0 Å². The van der Waals surface area contributed by atoms with Crippen molar-refractivity contribution < 1.29 is 22.4 Å². The van der Waals surface area contributed by atoms with Gasteiger partial charge in [-0.1, -0.05) is 231 Å². The van der Waals surface area contributed by atoms with Gasteiger partial charge in [0, 0.05) is 0 Å². The van der Waals surface area contributed by atoms with Crippen LogP contribution in [0.5, 0.6) is 0 Å². The van der Waals surface area contributed by atoms with Crippen molar-refractivity contribution in [2.24, 2.45) is 0 Å². The first-order valence-corrected chi connectivity index (χ1v) is 32.2. The second-order valence-electron chi connectivity index (χ2n) is 16.2. The standard InChI is InChI=1S/C36H30NP2.2C13H12PS.Au/c1-7-19-31(20-8-1)38(32-21-9-2-10-22-32,33-23-11-3-12-24-33)37-39(34-25-13-4-14-26-34,35-27-15-5-16-28-35)36-29-17-6-18-30-36;2*1-14(15,12-8-4-2-5-9-12)13-10-6-3-7-11-13;/h1-30H;2*2-11H,1H2;/q+1;2*-1;+1. The molecule has 10 aromatic carbocycles. The summed E-state index contributed by atoms with van der Waals surface area (Å²) in [4.78, 5) is 0. The van der Waals surface area contributed by atoms with Crippen molar-refractivity contribution in [2.75, 3.05) is 0 Å². The number of benzene rings is 10. The maximum Gasteiger partial charge on any atom is 1.00 e. The van der Waals surface area contributed by atoms with Crippen molar-refractivity contribution in [3.05, 3.63) is 317 Å². The zero-order valence-corrected chi connectivity index (χ0v) is 46.0. The summed E-state index contributed by atoms with van der Waals surface area (Å²) in [7, 11) is -4.99. The minimum absolute atomic E-state index is 0. The zero-order chi connectivity index (χ0) is 47.8. The molecule has 0 saturated carbocycles. The van der Waals surface area contributed by atoms with E-state index in [1.54, 1.807) is 0 Å². The van der Waals surface area contributed by atoms with Crippen molar-refractivity contribution in [1.82, 2.24) is 4.17 Å². The molecule has 0 atom stereocenters. The molecule has 0 aliphatic carbocycles. The molecule has 10 aromatic rings. The minimum Gasteiger partial charge on any atom is -0.297 e. The average molecular weight is 1200 g/mol. The molecule has 0 unspecified atom stereocenters. The van der Waals surface area contributed by atoms with Gasteiger partial charge in [0.05, 0.1) is 31.8 Å². The third kappa shape index (κ3) is 12.1. The van der Waals surface area contributed by atoms with Gasteiger partial charge in [-0.05, 0) is 94.0 Å². The quantitative estimate of drug-likeness (QED) is 0.0586. The Kier molecular flexibility index (Phi) is 19.0. The Balaban J connectivity index is 0.000000190. The first-order chi connectivity index (χ1) is 33.8. The van der Waals surface area contributed by atoms with Crippen molar-refractivity contribution >= 4 is 103 Å².